The first-order valence-corrected chi connectivity index (χ1v) is 8.97. The highest BCUT2D eigenvalue weighted by Crippen LogP contribution is 2.44. The Balaban J connectivity index is 1.69. The van der Waals surface area contributed by atoms with E-state index in [2.05, 4.69) is 31.1 Å². The third kappa shape index (κ3) is 3.76. The molecule has 3 rings (SSSR count). The van der Waals surface area contributed by atoms with Crippen LogP contribution in [-0.2, 0) is 11.3 Å². The molecule has 1 saturated carbocycles. The topological polar surface area (TPSA) is 37.4 Å². The Morgan fingerprint density at radius 3 is 2.81 bits per heavy atom. The van der Waals surface area contributed by atoms with E-state index in [1.807, 2.05) is 11.3 Å². The number of hydrogen-bond donors (Lipinski definition) is 1. The molecule has 1 atom stereocenters. The third-order valence-corrected chi connectivity index (χ3v) is 5.44. The van der Waals surface area contributed by atoms with E-state index in [1.54, 1.807) is 0 Å². The molecule has 0 aromatic carbocycles. The van der Waals surface area contributed by atoms with E-state index in [-0.39, 0.29) is 0 Å². The van der Waals surface area contributed by atoms with Crippen LogP contribution in [0.4, 0.5) is 5.13 Å². The minimum Gasteiger partial charge on any atom is -0.379 e. The van der Waals surface area contributed by atoms with E-state index in [0.717, 1.165) is 38.6 Å². The zero-order valence-corrected chi connectivity index (χ0v) is 14.2. The fraction of sp³-hybridized carbons (Fsp3) is 0.812. The lowest BCUT2D eigenvalue weighted by Gasteiger charge is -2.21. The van der Waals surface area contributed by atoms with Gasteiger partial charge in [0.2, 0.25) is 0 Å². The maximum atomic E-state index is 5.51. The van der Waals surface area contributed by atoms with E-state index in [4.69, 9.17) is 9.72 Å². The minimum absolute atomic E-state index is 0.500. The normalized spacial score (nSPS) is 22.2. The summed E-state index contributed by atoms with van der Waals surface area (Å²) in [4.78, 5) is 8.74. The Kier molecular flexibility index (Phi) is 4.82. The summed E-state index contributed by atoms with van der Waals surface area (Å²) in [6.45, 7) is 8.27. The first kappa shape index (κ1) is 15.3. The average Bonchev–Trinajstić information content (AvgIpc) is 3.00. The monoisotopic (exact) mass is 309 g/mol. The summed E-state index contributed by atoms with van der Waals surface area (Å²) in [7, 11) is 2.17. The number of nitrogens with zero attached hydrogens (tertiary/aromatic N) is 2. The Labute approximate surface area is 131 Å². The van der Waals surface area contributed by atoms with Crippen LogP contribution in [0.15, 0.2) is 0 Å². The summed E-state index contributed by atoms with van der Waals surface area (Å²) in [6, 6.07) is 0.500. The SMILES string of the molecule is CC(C)CNCc1sc(N(C)C2CCOC2)nc1C1CC1. The molecule has 1 aromatic rings. The van der Waals surface area contributed by atoms with Gasteiger partial charge in [-0.05, 0) is 31.7 Å². The van der Waals surface area contributed by atoms with Crippen LogP contribution in [0.1, 0.15) is 49.6 Å². The second-order valence-corrected chi connectivity index (χ2v) is 7.79. The fourth-order valence-corrected chi connectivity index (χ4v) is 3.91. The number of hydrogen-bond acceptors (Lipinski definition) is 5. The van der Waals surface area contributed by atoms with Crippen molar-refractivity contribution in [3.8, 4) is 0 Å². The number of anilines is 1. The van der Waals surface area contributed by atoms with Gasteiger partial charge in [-0.15, -0.1) is 11.3 Å². The number of nitrogens with one attached hydrogen (secondary N) is 1. The van der Waals surface area contributed by atoms with Crippen molar-refractivity contribution in [2.75, 3.05) is 31.7 Å². The summed E-state index contributed by atoms with van der Waals surface area (Å²) < 4.78 is 5.51. The molecule has 4 nitrogen and oxygen atoms in total. The number of thiazole rings is 1. The Morgan fingerprint density at radius 2 is 2.19 bits per heavy atom. The minimum atomic E-state index is 0.500. The zero-order chi connectivity index (χ0) is 14.8. The van der Waals surface area contributed by atoms with Crippen molar-refractivity contribution in [3.05, 3.63) is 10.6 Å². The first-order valence-electron chi connectivity index (χ1n) is 8.16. The molecular formula is C16H27N3OS. The van der Waals surface area contributed by atoms with Crippen LogP contribution < -0.4 is 10.2 Å². The number of ether oxygens (including phenoxy) is 1. The predicted molar refractivity (Wildman–Crippen MR) is 88.3 cm³/mol. The standard InChI is InChI=1S/C16H27N3OS/c1-11(2)8-17-9-14-15(12-4-5-12)18-16(21-14)19(3)13-6-7-20-10-13/h11-13,17H,4-10H2,1-3H3. The van der Waals surface area contributed by atoms with Crippen molar-refractivity contribution >= 4 is 16.5 Å². The quantitative estimate of drug-likeness (QED) is 0.840. The Bertz CT molecular complexity index is 464. The first-order chi connectivity index (χ1) is 10.1. The van der Waals surface area contributed by atoms with Crippen LogP contribution in [0.25, 0.3) is 0 Å². The number of rotatable bonds is 7. The number of aromatic nitrogens is 1. The van der Waals surface area contributed by atoms with Gasteiger partial charge in [0.1, 0.15) is 0 Å². The van der Waals surface area contributed by atoms with Gasteiger partial charge in [-0.25, -0.2) is 4.98 Å². The van der Waals surface area contributed by atoms with E-state index in [0.29, 0.717) is 12.0 Å². The summed E-state index contributed by atoms with van der Waals surface area (Å²) in [5.41, 5.74) is 1.36. The van der Waals surface area contributed by atoms with Crippen LogP contribution in [-0.4, -0.2) is 37.8 Å². The lowest BCUT2D eigenvalue weighted by atomic mass is 10.2. The largest absolute Gasteiger partial charge is 0.379 e. The van der Waals surface area contributed by atoms with Gasteiger partial charge in [0, 0.05) is 31.0 Å². The number of likely N-dealkylation sites (N-methyl/N-ethyl adjacent to an activating group) is 1. The lowest BCUT2D eigenvalue weighted by Crippen LogP contribution is -2.31. The maximum Gasteiger partial charge on any atom is 0.185 e. The maximum absolute atomic E-state index is 5.51. The van der Waals surface area contributed by atoms with Gasteiger partial charge in [-0.2, -0.15) is 0 Å². The fourth-order valence-electron chi connectivity index (χ4n) is 2.76. The predicted octanol–water partition coefficient (Wildman–Crippen LogP) is 2.99. The molecule has 1 N–H and O–H groups in total. The molecule has 1 unspecified atom stereocenters. The van der Waals surface area contributed by atoms with Crippen molar-refractivity contribution in [1.82, 2.24) is 10.3 Å². The molecule has 1 aliphatic heterocycles. The average molecular weight is 309 g/mol. The lowest BCUT2D eigenvalue weighted by molar-refractivity contribution is 0.193. The Morgan fingerprint density at radius 1 is 1.38 bits per heavy atom. The molecule has 1 aromatic heterocycles. The highest BCUT2D eigenvalue weighted by Gasteiger charge is 2.31. The molecule has 118 valence electrons. The van der Waals surface area contributed by atoms with Crippen molar-refractivity contribution < 1.29 is 4.74 Å². The highest BCUT2D eigenvalue weighted by atomic mass is 32.1. The van der Waals surface area contributed by atoms with Gasteiger partial charge >= 0.3 is 0 Å². The molecule has 21 heavy (non-hydrogen) atoms. The molecule has 0 radical (unpaired) electrons. The zero-order valence-electron chi connectivity index (χ0n) is 13.4. The van der Waals surface area contributed by atoms with Crippen molar-refractivity contribution in [2.45, 2.75) is 51.6 Å². The molecule has 5 heteroatoms. The van der Waals surface area contributed by atoms with Crippen LogP contribution in [0, 0.1) is 5.92 Å². The van der Waals surface area contributed by atoms with Crippen molar-refractivity contribution in [3.63, 3.8) is 0 Å². The van der Waals surface area contributed by atoms with Crippen LogP contribution in [0.3, 0.4) is 0 Å². The second-order valence-electron chi connectivity index (χ2n) is 6.73. The van der Waals surface area contributed by atoms with Crippen molar-refractivity contribution in [2.24, 2.45) is 5.92 Å². The van der Waals surface area contributed by atoms with Crippen LogP contribution in [0.2, 0.25) is 0 Å². The molecule has 0 spiro atoms. The summed E-state index contributed by atoms with van der Waals surface area (Å²) >= 11 is 1.87. The highest BCUT2D eigenvalue weighted by molar-refractivity contribution is 7.15. The molecular weight excluding hydrogens is 282 g/mol. The smallest absolute Gasteiger partial charge is 0.185 e. The molecule has 1 saturated heterocycles. The second kappa shape index (κ2) is 6.63. The van der Waals surface area contributed by atoms with E-state index < -0.39 is 0 Å². The molecule has 2 fully saturated rings. The van der Waals surface area contributed by atoms with Gasteiger partial charge in [0.25, 0.3) is 0 Å². The summed E-state index contributed by atoms with van der Waals surface area (Å²) in [5.74, 6) is 1.42. The summed E-state index contributed by atoms with van der Waals surface area (Å²) in [5, 5.41) is 4.75. The van der Waals surface area contributed by atoms with Crippen LogP contribution >= 0.6 is 11.3 Å². The molecule has 0 bridgehead atoms. The van der Waals surface area contributed by atoms with E-state index in [1.165, 1.54) is 28.5 Å². The van der Waals surface area contributed by atoms with E-state index in [9.17, 15) is 0 Å². The van der Waals surface area contributed by atoms with Gasteiger partial charge in [0.05, 0.1) is 18.3 Å². The van der Waals surface area contributed by atoms with Crippen molar-refractivity contribution in [1.29, 1.82) is 0 Å². The molecule has 1 aliphatic carbocycles. The van der Waals surface area contributed by atoms with Crippen LogP contribution in [0.5, 0.6) is 0 Å². The van der Waals surface area contributed by atoms with Gasteiger partial charge < -0.3 is 15.0 Å². The van der Waals surface area contributed by atoms with Gasteiger partial charge in [0.15, 0.2) is 5.13 Å². The summed E-state index contributed by atoms with van der Waals surface area (Å²) in [6.07, 6.45) is 3.75. The van der Waals surface area contributed by atoms with Gasteiger partial charge in [-0.3, -0.25) is 0 Å². The molecule has 2 aliphatic rings. The Hall–Kier alpha value is -0.650. The third-order valence-electron chi connectivity index (χ3n) is 4.27. The molecule has 0 amide bonds. The van der Waals surface area contributed by atoms with Gasteiger partial charge in [-0.1, -0.05) is 13.8 Å². The molecule has 2 heterocycles. The van der Waals surface area contributed by atoms with E-state index >= 15 is 0 Å².